The summed E-state index contributed by atoms with van der Waals surface area (Å²) in [5.41, 5.74) is 3.27. The Balaban J connectivity index is 1.58. The number of nitrogens with one attached hydrogen (secondary N) is 2. The van der Waals surface area contributed by atoms with E-state index >= 15 is 0 Å². The molecule has 27 heavy (non-hydrogen) atoms. The Morgan fingerprint density at radius 2 is 1.59 bits per heavy atom. The number of benzene rings is 1. The topological polar surface area (TPSA) is 87.2 Å². The highest BCUT2D eigenvalue weighted by Gasteiger charge is 2.26. The molecule has 1 aliphatic rings. The third-order valence-corrected chi connectivity index (χ3v) is 4.57. The van der Waals surface area contributed by atoms with E-state index in [1.807, 2.05) is 26.0 Å². The number of carbonyl (C=O) groups excluding carboxylic acids is 2. The molecule has 1 aromatic carbocycles. The lowest BCUT2D eigenvalue weighted by Crippen LogP contribution is -2.39. The largest absolute Gasteiger partial charge is 0.341 e. The molecule has 2 aromatic rings. The van der Waals surface area contributed by atoms with Crippen LogP contribution in [-0.4, -0.2) is 34.9 Å². The van der Waals surface area contributed by atoms with E-state index in [1.165, 1.54) is 6.92 Å². The fourth-order valence-electron chi connectivity index (χ4n) is 3.31. The monoisotopic (exact) mass is 367 g/mol. The molecule has 7 heteroatoms. The van der Waals surface area contributed by atoms with E-state index < -0.39 is 0 Å². The molecule has 1 saturated heterocycles. The molecule has 1 fully saturated rings. The van der Waals surface area contributed by atoms with Gasteiger partial charge < -0.3 is 15.5 Å². The molecule has 0 unspecified atom stereocenters. The number of nitrogens with zero attached hydrogens (tertiary/aromatic N) is 3. The van der Waals surface area contributed by atoms with Crippen molar-refractivity contribution in [3.05, 3.63) is 41.7 Å². The standard InChI is InChI=1S/C20H25N5O2/c1-13-11-14(2)22-20(21-13)25-9-7-16(8-10-25)19(27)24-18-6-4-5-17(12-18)23-15(3)26/h4-6,11-12,16H,7-10H2,1-3H3,(H,23,26)(H,24,27). The Morgan fingerprint density at radius 1 is 1.00 bits per heavy atom. The molecule has 142 valence electrons. The molecular formula is C20H25N5O2. The van der Waals surface area contributed by atoms with Gasteiger partial charge in [-0.05, 0) is 51.0 Å². The second-order valence-corrected chi connectivity index (χ2v) is 6.96. The molecule has 1 aromatic heterocycles. The lowest BCUT2D eigenvalue weighted by atomic mass is 9.96. The van der Waals surface area contributed by atoms with Crippen molar-refractivity contribution in [3.8, 4) is 0 Å². The Bertz CT molecular complexity index is 824. The van der Waals surface area contributed by atoms with Gasteiger partial charge in [-0.1, -0.05) is 6.07 Å². The highest BCUT2D eigenvalue weighted by atomic mass is 16.2. The number of carbonyl (C=O) groups is 2. The average molecular weight is 367 g/mol. The van der Waals surface area contributed by atoms with Crippen LogP contribution in [-0.2, 0) is 9.59 Å². The molecule has 0 aliphatic carbocycles. The molecule has 2 heterocycles. The Hall–Kier alpha value is -2.96. The molecule has 0 radical (unpaired) electrons. The first-order valence-corrected chi connectivity index (χ1v) is 9.16. The minimum Gasteiger partial charge on any atom is -0.341 e. The summed E-state index contributed by atoms with van der Waals surface area (Å²) in [7, 11) is 0. The number of piperidine rings is 1. The van der Waals surface area contributed by atoms with Crippen molar-refractivity contribution in [2.75, 3.05) is 28.6 Å². The van der Waals surface area contributed by atoms with Gasteiger partial charge in [-0.15, -0.1) is 0 Å². The van der Waals surface area contributed by atoms with Crippen molar-refractivity contribution in [2.45, 2.75) is 33.6 Å². The van der Waals surface area contributed by atoms with Gasteiger partial charge in [0.1, 0.15) is 0 Å². The van der Waals surface area contributed by atoms with Crippen LogP contribution in [0.4, 0.5) is 17.3 Å². The summed E-state index contributed by atoms with van der Waals surface area (Å²) in [5, 5.41) is 5.68. The number of rotatable bonds is 4. The number of hydrogen-bond donors (Lipinski definition) is 2. The third-order valence-electron chi connectivity index (χ3n) is 4.57. The van der Waals surface area contributed by atoms with Gasteiger partial charge in [0.25, 0.3) is 0 Å². The zero-order valence-electron chi connectivity index (χ0n) is 16.0. The first kappa shape index (κ1) is 18.8. The molecule has 0 spiro atoms. The maximum absolute atomic E-state index is 12.6. The van der Waals surface area contributed by atoms with E-state index in [0.29, 0.717) is 11.4 Å². The van der Waals surface area contributed by atoms with Gasteiger partial charge in [0, 0.05) is 48.7 Å². The second kappa shape index (κ2) is 8.16. The lowest BCUT2D eigenvalue weighted by molar-refractivity contribution is -0.120. The number of aryl methyl sites for hydroxylation is 2. The summed E-state index contributed by atoms with van der Waals surface area (Å²) in [5.74, 6) is 0.571. The maximum Gasteiger partial charge on any atom is 0.227 e. The van der Waals surface area contributed by atoms with Crippen molar-refractivity contribution in [1.29, 1.82) is 0 Å². The quantitative estimate of drug-likeness (QED) is 0.868. The van der Waals surface area contributed by atoms with E-state index in [2.05, 4.69) is 25.5 Å². The highest BCUT2D eigenvalue weighted by molar-refractivity contribution is 5.94. The predicted molar refractivity (Wildman–Crippen MR) is 106 cm³/mol. The minimum atomic E-state index is -0.139. The molecule has 2 amide bonds. The minimum absolute atomic E-state index is 0.0102. The van der Waals surface area contributed by atoms with Crippen LogP contribution in [0, 0.1) is 19.8 Å². The van der Waals surface area contributed by atoms with Crippen LogP contribution in [0.5, 0.6) is 0 Å². The number of anilines is 3. The predicted octanol–water partition coefficient (Wildman–Crippen LogP) is 2.91. The highest BCUT2D eigenvalue weighted by Crippen LogP contribution is 2.23. The molecule has 2 N–H and O–H groups in total. The van der Waals surface area contributed by atoms with Crippen molar-refractivity contribution in [1.82, 2.24) is 9.97 Å². The number of amides is 2. The van der Waals surface area contributed by atoms with E-state index in [4.69, 9.17) is 0 Å². The number of aromatic nitrogens is 2. The van der Waals surface area contributed by atoms with E-state index in [0.717, 1.165) is 43.3 Å². The number of hydrogen-bond acceptors (Lipinski definition) is 5. The summed E-state index contributed by atoms with van der Waals surface area (Å²) in [6.07, 6.45) is 1.52. The summed E-state index contributed by atoms with van der Waals surface area (Å²) >= 11 is 0. The summed E-state index contributed by atoms with van der Waals surface area (Å²) in [6, 6.07) is 9.14. The Morgan fingerprint density at radius 3 is 2.19 bits per heavy atom. The van der Waals surface area contributed by atoms with Gasteiger partial charge in [-0.3, -0.25) is 9.59 Å². The van der Waals surface area contributed by atoms with Gasteiger partial charge in [0.2, 0.25) is 17.8 Å². The van der Waals surface area contributed by atoms with Crippen molar-refractivity contribution in [2.24, 2.45) is 5.92 Å². The maximum atomic E-state index is 12.6. The first-order chi connectivity index (χ1) is 12.9. The average Bonchev–Trinajstić information content (AvgIpc) is 2.61. The Kier molecular flexibility index (Phi) is 5.69. The summed E-state index contributed by atoms with van der Waals surface area (Å²) < 4.78 is 0. The van der Waals surface area contributed by atoms with E-state index in [1.54, 1.807) is 18.2 Å². The fourth-order valence-corrected chi connectivity index (χ4v) is 3.31. The molecular weight excluding hydrogens is 342 g/mol. The van der Waals surface area contributed by atoms with Gasteiger partial charge in [0.05, 0.1) is 0 Å². The van der Waals surface area contributed by atoms with E-state index in [-0.39, 0.29) is 17.7 Å². The molecule has 0 bridgehead atoms. The van der Waals surface area contributed by atoms with Crippen LogP contribution in [0.1, 0.15) is 31.2 Å². The SMILES string of the molecule is CC(=O)Nc1cccc(NC(=O)C2CCN(c3nc(C)cc(C)n3)CC2)c1. The normalized spacial score (nSPS) is 14.7. The molecule has 1 aliphatic heterocycles. The van der Waals surface area contributed by atoms with Gasteiger partial charge in [-0.25, -0.2) is 9.97 Å². The van der Waals surface area contributed by atoms with Crippen molar-refractivity contribution in [3.63, 3.8) is 0 Å². The van der Waals surface area contributed by atoms with Crippen LogP contribution in [0.15, 0.2) is 30.3 Å². The lowest BCUT2D eigenvalue weighted by Gasteiger charge is -2.31. The summed E-state index contributed by atoms with van der Waals surface area (Å²) in [4.78, 5) is 34.9. The van der Waals surface area contributed by atoms with Crippen LogP contribution >= 0.6 is 0 Å². The smallest absolute Gasteiger partial charge is 0.227 e. The van der Waals surface area contributed by atoms with Gasteiger partial charge >= 0.3 is 0 Å². The van der Waals surface area contributed by atoms with Gasteiger partial charge in [0.15, 0.2) is 0 Å². The zero-order valence-corrected chi connectivity index (χ0v) is 16.0. The molecule has 7 nitrogen and oxygen atoms in total. The van der Waals surface area contributed by atoms with E-state index in [9.17, 15) is 9.59 Å². The Labute approximate surface area is 159 Å². The van der Waals surface area contributed by atoms with Crippen LogP contribution in [0.2, 0.25) is 0 Å². The zero-order chi connectivity index (χ0) is 19.4. The van der Waals surface area contributed by atoms with Crippen molar-refractivity contribution < 1.29 is 9.59 Å². The summed E-state index contributed by atoms with van der Waals surface area (Å²) in [6.45, 7) is 6.90. The van der Waals surface area contributed by atoms with Crippen LogP contribution < -0.4 is 15.5 Å². The fraction of sp³-hybridized carbons (Fsp3) is 0.400. The van der Waals surface area contributed by atoms with Crippen LogP contribution in [0.25, 0.3) is 0 Å². The molecule has 0 atom stereocenters. The molecule has 0 saturated carbocycles. The third kappa shape index (κ3) is 5.03. The van der Waals surface area contributed by atoms with Gasteiger partial charge in [-0.2, -0.15) is 0 Å². The first-order valence-electron chi connectivity index (χ1n) is 9.16. The molecule has 3 rings (SSSR count). The second-order valence-electron chi connectivity index (χ2n) is 6.96. The van der Waals surface area contributed by atoms with Crippen LogP contribution in [0.3, 0.4) is 0 Å². The van der Waals surface area contributed by atoms with Crippen molar-refractivity contribution >= 4 is 29.1 Å².